The molecule has 1 rings (SSSR count). The molecule has 8 heteroatoms. The first-order chi connectivity index (χ1) is 11.7. The number of hydrogen-bond donors (Lipinski definition) is 2. The van der Waals surface area contributed by atoms with E-state index in [4.69, 9.17) is 11.6 Å². The molecular weight excluding hydrogens is 355 g/mol. The monoisotopic (exact) mass is 379 g/mol. The highest BCUT2D eigenvalue weighted by atomic mass is 35.5. The Hall–Kier alpha value is -1.47. The minimum Gasteiger partial charge on any atom is -0.335 e. The minimum absolute atomic E-state index is 0.0459. The van der Waals surface area contributed by atoms with Crippen LogP contribution in [0.2, 0.25) is 5.02 Å². The number of carbonyl (C=O) groups is 1. The molecule has 2 N–H and O–H groups in total. The number of nitrogens with one attached hydrogen (secondary N) is 2. The largest absolute Gasteiger partial charge is 0.417 e. The normalized spacial score (nSPS) is 13.0. The van der Waals surface area contributed by atoms with Gasteiger partial charge in [0.2, 0.25) is 0 Å². The Morgan fingerprint density at radius 3 is 2.48 bits per heavy atom. The van der Waals surface area contributed by atoms with Gasteiger partial charge in [0.15, 0.2) is 0 Å². The lowest BCUT2D eigenvalue weighted by atomic mass is 10.1. The summed E-state index contributed by atoms with van der Waals surface area (Å²) in [5.74, 6) is 0. The van der Waals surface area contributed by atoms with Crippen LogP contribution in [0.25, 0.3) is 0 Å². The molecule has 25 heavy (non-hydrogen) atoms. The maximum atomic E-state index is 12.8. The van der Waals surface area contributed by atoms with Crippen molar-refractivity contribution in [3.8, 4) is 0 Å². The predicted octanol–water partition coefficient (Wildman–Crippen LogP) is 4.99. The summed E-state index contributed by atoms with van der Waals surface area (Å²) in [5.41, 5.74) is -0.927. The van der Waals surface area contributed by atoms with E-state index < -0.39 is 22.8 Å². The van der Waals surface area contributed by atoms with Crippen LogP contribution in [-0.2, 0) is 6.18 Å². The number of anilines is 1. The van der Waals surface area contributed by atoms with Gasteiger partial charge >= 0.3 is 12.2 Å². The Bertz CT molecular complexity index is 563. The highest BCUT2D eigenvalue weighted by Crippen LogP contribution is 2.36. The predicted molar refractivity (Wildman–Crippen MR) is 95.1 cm³/mol. The molecule has 0 bridgehead atoms. The molecular formula is C17H25ClF3N3O. The number of benzene rings is 1. The van der Waals surface area contributed by atoms with Crippen LogP contribution in [-0.4, -0.2) is 36.6 Å². The molecule has 0 saturated carbocycles. The fourth-order valence-corrected chi connectivity index (χ4v) is 2.67. The average Bonchev–Trinajstić information content (AvgIpc) is 2.52. The molecule has 0 aliphatic heterocycles. The van der Waals surface area contributed by atoms with E-state index in [0.717, 1.165) is 44.6 Å². The highest BCUT2D eigenvalue weighted by Gasteiger charge is 2.33. The molecule has 0 heterocycles. The lowest BCUT2D eigenvalue weighted by molar-refractivity contribution is -0.137. The van der Waals surface area contributed by atoms with E-state index in [-0.39, 0.29) is 11.7 Å². The van der Waals surface area contributed by atoms with E-state index in [1.165, 1.54) is 6.07 Å². The number of alkyl halides is 3. The molecule has 0 fully saturated rings. The van der Waals surface area contributed by atoms with E-state index in [9.17, 15) is 18.0 Å². The Morgan fingerprint density at radius 2 is 1.92 bits per heavy atom. The van der Waals surface area contributed by atoms with Crippen molar-refractivity contribution in [3.63, 3.8) is 0 Å². The number of hydrogen-bond acceptors (Lipinski definition) is 2. The van der Waals surface area contributed by atoms with Gasteiger partial charge in [-0.3, -0.25) is 0 Å². The molecule has 4 nitrogen and oxygen atoms in total. The number of urea groups is 1. The summed E-state index contributed by atoms with van der Waals surface area (Å²) in [6.07, 6.45) is -2.84. The molecule has 0 aliphatic carbocycles. The number of carbonyl (C=O) groups excluding carboxylic acids is 1. The first-order valence-electron chi connectivity index (χ1n) is 8.34. The van der Waals surface area contributed by atoms with E-state index in [1.54, 1.807) is 0 Å². The summed E-state index contributed by atoms with van der Waals surface area (Å²) in [5, 5.41) is 4.74. The second kappa shape index (κ2) is 9.87. The summed E-state index contributed by atoms with van der Waals surface area (Å²) >= 11 is 5.56. The molecule has 1 aromatic rings. The van der Waals surface area contributed by atoms with Crippen molar-refractivity contribution in [2.75, 3.05) is 25.0 Å². The van der Waals surface area contributed by atoms with Crippen molar-refractivity contribution in [3.05, 3.63) is 28.8 Å². The third kappa shape index (κ3) is 7.52. The zero-order valence-electron chi connectivity index (χ0n) is 14.7. The fourth-order valence-electron chi connectivity index (χ4n) is 2.44. The van der Waals surface area contributed by atoms with Crippen LogP contribution in [0, 0.1) is 0 Å². The zero-order chi connectivity index (χ0) is 19.0. The summed E-state index contributed by atoms with van der Waals surface area (Å²) in [7, 11) is 0. The summed E-state index contributed by atoms with van der Waals surface area (Å²) in [6.45, 7) is 8.98. The second-order valence-corrected chi connectivity index (χ2v) is 6.27. The maximum Gasteiger partial charge on any atom is 0.417 e. The van der Waals surface area contributed by atoms with Crippen LogP contribution in [0.15, 0.2) is 18.2 Å². The minimum atomic E-state index is -4.57. The summed E-state index contributed by atoms with van der Waals surface area (Å²) < 4.78 is 38.5. The summed E-state index contributed by atoms with van der Waals surface area (Å²) in [6, 6.07) is 2.67. The second-order valence-electron chi connectivity index (χ2n) is 5.86. The van der Waals surface area contributed by atoms with Gasteiger partial charge in [-0.1, -0.05) is 25.4 Å². The van der Waals surface area contributed by atoms with Gasteiger partial charge in [0.05, 0.1) is 10.6 Å². The van der Waals surface area contributed by atoms with Gasteiger partial charge in [0, 0.05) is 11.7 Å². The smallest absolute Gasteiger partial charge is 0.335 e. The molecule has 1 atom stereocenters. The molecule has 0 aliphatic rings. The Kier molecular flexibility index (Phi) is 8.52. The molecule has 0 radical (unpaired) electrons. The molecule has 142 valence electrons. The van der Waals surface area contributed by atoms with Crippen molar-refractivity contribution < 1.29 is 18.0 Å². The Morgan fingerprint density at radius 1 is 1.28 bits per heavy atom. The molecule has 0 aromatic heterocycles. The van der Waals surface area contributed by atoms with Gasteiger partial charge in [0.1, 0.15) is 0 Å². The number of amides is 2. The van der Waals surface area contributed by atoms with Gasteiger partial charge in [-0.25, -0.2) is 4.79 Å². The number of rotatable bonds is 8. The lowest BCUT2D eigenvalue weighted by Gasteiger charge is -2.20. The lowest BCUT2D eigenvalue weighted by Crippen LogP contribution is -2.36. The zero-order valence-corrected chi connectivity index (χ0v) is 15.5. The van der Waals surface area contributed by atoms with Crippen LogP contribution in [0.5, 0.6) is 0 Å². The average molecular weight is 380 g/mol. The first kappa shape index (κ1) is 21.6. The number of nitrogens with zero attached hydrogens (tertiary/aromatic N) is 1. The highest BCUT2D eigenvalue weighted by molar-refractivity contribution is 6.31. The first-order valence-corrected chi connectivity index (χ1v) is 8.71. The van der Waals surface area contributed by atoms with Gasteiger partial charge in [-0.2, -0.15) is 13.2 Å². The topological polar surface area (TPSA) is 44.4 Å². The van der Waals surface area contributed by atoms with Crippen LogP contribution >= 0.6 is 11.6 Å². The van der Waals surface area contributed by atoms with Crippen LogP contribution < -0.4 is 10.6 Å². The molecule has 0 saturated heterocycles. The van der Waals surface area contributed by atoms with E-state index in [2.05, 4.69) is 29.4 Å². The van der Waals surface area contributed by atoms with Crippen molar-refractivity contribution in [2.24, 2.45) is 0 Å². The van der Waals surface area contributed by atoms with Crippen LogP contribution in [0.3, 0.4) is 0 Å². The van der Waals surface area contributed by atoms with E-state index in [1.807, 2.05) is 6.92 Å². The fraction of sp³-hybridized carbons (Fsp3) is 0.588. The quantitative estimate of drug-likeness (QED) is 0.668. The van der Waals surface area contributed by atoms with E-state index >= 15 is 0 Å². The van der Waals surface area contributed by atoms with Gasteiger partial charge < -0.3 is 15.5 Å². The molecule has 2 amide bonds. The van der Waals surface area contributed by atoms with Crippen LogP contribution in [0.4, 0.5) is 23.7 Å². The van der Waals surface area contributed by atoms with Gasteiger partial charge in [-0.15, -0.1) is 0 Å². The van der Waals surface area contributed by atoms with Crippen molar-refractivity contribution in [1.29, 1.82) is 0 Å². The van der Waals surface area contributed by atoms with E-state index in [0.29, 0.717) is 0 Å². The van der Waals surface area contributed by atoms with Gasteiger partial charge in [0.25, 0.3) is 0 Å². The summed E-state index contributed by atoms with van der Waals surface area (Å²) in [4.78, 5) is 14.2. The Balaban J connectivity index is 2.51. The molecule has 1 unspecified atom stereocenters. The standard InChI is InChI=1S/C17H25ClF3N3O/c1-4-24(5-2)10-6-7-12(3)22-16(25)23-13-8-9-15(18)14(11-13)17(19,20)21/h8-9,11-12H,4-7,10H2,1-3H3,(H2,22,23,25). The van der Waals surface area contributed by atoms with Crippen molar-refractivity contribution in [2.45, 2.75) is 45.8 Å². The maximum absolute atomic E-state index is 12.8. The van der Waals surface area contributed by atoms with Gasteiger partial charge in [-0.05, 0) is 57.6 Å². The SMILES string of the molecule is CCN(CC)CCCC(C)NC(=O)Nc1ccc(Cl)c(C(F)(F)F)c1. The van der Waals surface area contributed by atoms with Crippen LogP contribution in [0.1, 0.15) is 39.2 Å². The van der Waals surface area contributed by atoms with Crippen molar-refractivity contribution in [1.82, 2.24) is 10.2 Å². The number of halogens is 4. The third-order valence-corrected chi connectivity index (χ3v) is 4.24. The molecule has 0 spiro atoms. The molecule has 1 aromatic carbocycles. The Labute approximate surface area is 151 Å². The van der Waals surface area contributed by atoms with Crippen molar-refractivity contribution >= 4 is 23.3 Å². The third-order valence-electron chi connectivity index (χ3n) is 3.91.